The number of nitrogens with two attached hydrogens (primary N) is 1. The molecule has 0 radical (unpaired) electrons. The maximum absolute atomic E-state index is 13.1. The van der Waals surface area contributed by atoms with Crippen LogP contribution in [-0.4, -0.2) is 82.1 Å². The van der Waals surface area contributed by atoms with Gasteiger partial charge in [-0.3, -0.25) is 4.79 Å². The van der Waals surface area contributed by atoms with Crippen molar-refractivity contribution in [3.63, 3.8) is 0 Å². The number of allylic oxidation sites excluding steroid dienone is 1. The quantitative estimate of drug-likeness (QED) is 0.0862. The fourth-order valence-electron chi connectivity index (χ4n) is 4.09. The first-order valence-electron chi connectivity index (χ1n) is 15.7. The van der Waals surface area contributed by atoms with E-state index in [1.54, 1.807) is 12.1 Å². The average molecular weight is 620 g/mol. The van der Waals surface area contributed by atoms with E-state index in [-0.39, 0.29) is 32.7 Å². The van der Waals surface area contributed by atoms with Crippen LogP contribution < -0.4 is 15.2 Å². The van der Waals surface area contributed by atoms with Crippen LogP contribution in [0.15, 0.2) is 41.6 Å². The second kappa shape index (κ2) is 25.0. The summed E-state index contributed by atoms with van der Waals surface area (Å²) >= 11 is 0. The smallest absolute Gasteiger partial charge is 0.342 e. The molecule has 11 nitrogen and oxygen atoms in total. The van der Waals surface area contributed by atoms with Crippen LogP contribution in [-0.2, 0) is 30.3 Å². The summed E-state index contributed by atoms with van der Waals surface area (Å²) in [5, 5.41) is 4.22. The number of ether oxygens (including phenoxy) is 5. The van der Waals surface area contributed by atoms with Crippen LogP contribution in [0.25, 0.3) is 0 Å². The van der Waals surface area contributed by atoms with Gasteiger partial charge in [-0.15, -0.1) is 0 Å². The number of likely N-dealkylation sites (tertiary alicyclic amines) is 1. The third kappa shape index (κ3) is 15.9. The van der Waals surface area contributed by atoms with Gasteiger partial charge < -0.3 is 39.2 Å². The predicted octanol–water partition coefficient (Wildman–Crippen LogP) is 5.41. The van der Waals surface area contributed by atoms with E-state index in [4.69, 9.17) is 34.3 Å². The minimum absolute atomic E-state index is 0.0223. The van der Waals surface area contributed by atoms with Crippen LogP contribution in [0.5, 0.6) is 11.5 Å². The normalized spacial score (nSPS) is 19.4. The Morgan fingerprint density at radius 2 is 1.70 bits per heavy atom. The lowest BCUT2D eigenvalue weighted by Crippen LogP contribution is -2.27. The van der Waals surface area contributed by atoms with Gasteiger partial charge in [0.2, 0.25) is 6.41 Å². The molecule has 0 saturated carbocycles. The van der Waals surface area contributed by atoms with Gasteiger partial charge in [0, 0.05) is 44.8 Å². The van der Waals surface area contributed by atoms with Crippen LogP contribution in [0.3, 0.4) is 0 Å². The van der Waals surface area contributed by atoms with Crippen molar-refractivity contribution in [2.75, 3.05) is 53.1 Å². The van der Waals surface area contributed by atoms with Gasteiger partial charge in [0.05, 0.1) is 12.3 Å². The first-order valence-corrected chi connectivity index (χ1v) is 15.7. The summed E-state index contributed by atoms with van der Waals surface area (Å²) < 4.78 is 27.7. The summed E-state index contributed by atoms with van der Waals surface area (Å²) in [4.78, 5) is 30.4. The zero-order valence-corrected chi connectivity index (χ0v) is 27.3. The Balaban J connectivity index is 0.000000824. The van der Waals surface area contributed by atoms with E-state index < -0.39 is 5.97 Å². The molecular weight excluding hydrogens is 566 g/mol. The van der Waals surface area contributed by atoms with E-state index in [2.05, 4.69) is 5.16 Å². The van der Waals surface area contributed by atoms with Crippen molar-refractivity contribution >= 4 is 18.1 Å². The standard InChI is InChI=1S/C25H36N2O7.C6H11NO.C2H6/c1-4-29-17-32-22-15-19-14-21(27-34-6-3)12-9-11-20(26)10-7-8-13-31-25(28)24(19)23(16-22)33-18-30-5-2;8-6-7-4-2-1-3-5-7;1-2/h7,9-10,12,15-16,20H,4-6,8,11,13-14,17-18,26H2,1-3H3;6H,1-5H2;1-2H3/b10-7+,12-9+,27-21-;;. The number of hydrogen-bond donors (Lipinski definition) is 1. The van der Waals surface area contributed by atoms with E-state index in [1.807, 2.05) is 63.8 Å². The molecule has 2 heterocycles. The zero-order chi connectivity index (χ0) is 32.4. The molecule has 1 amide bonds. The average Bonchev–Trinajstić information content (AvgIpc) is 3.04. The number of oxime groups is 1. The Morgan fingerprint density at radius 1 is 1.00 bits per heavy atom. The molecule has 2 aliphatic rings. The molecule has 1 aromatic carbocycles. The molecule has 3 rings (SSSR count). The summed E-state index contributed by atoms with van der Waals surface area (Å²) in [6.07, 6.45) is 13.7. The minimum Gasteiger partial charge on any atom is -0.467 e. The van der Waals surface area contributed by atoms with Crippen LogP contribution >= 0.6 is 0 Å². The molecule has 1 fully saturated rings. The third-order valence-electron chi connectivity index (χ3n) is 6.22. The number of cyclic esters (lactones) is 1. The summed E-state index contributed by atoms with van der Waals surface area (Å²) in [6, 6.07) is 3.25. The Bertz CT molecular complexity index is 1020. The number of hydrogen-bond acceptors (Lipinski definition) is 10. The number of rotatable bonds is 11. The Labute approximate surface area is 263 Å². The zero-order valence-electron chi connectivity index (χ0n) is 27.3. The van der Waals surface area contributed by atoms with Crippen molar-refractivity contribution in [1.29, 1.82) is 0 Å². The van der Waals surface area contributed by atoms with Gasteiger partial charge in [-0.1, -0.05) is 37.2 Å². The monoisotopic (exact) mass is 619 g/mol. The predicted molar refractivity (Wildman–Crippen MR) is 172 cm³/mol. The van der Waals surface area contributed by atoms with Crippen molar-refractivity contribution in [3.05, 3.63) is 47.6 Å². The summed E-state index contributed by atoms with van der Waals surface area (Å²) in [5.41, 5.74) is 7.64. The van der Waals surface area contributed by atoms with E-state index in [0.717, 1.165) is 19.5 Å². The first kappa shape index (κ1) is 38.6. The molecule has 1 aromatic rings. The SMILES string of the molecule is CC.CCOCOc1cc2c(c(OCOCC)c1)C(=O)OCC/C=C/C(N)C/C=C/C(=N/OCC)C2.O=CN1CCCCC1. The second-order valence-electron chi connectivity index (χ2n) is 9.50. The molecule has 0 aliphatic carbocycles. The first-order chi connectivity index (χ1) is 21.5. The van der Waals surface area contributed by atoms with Gasteiger partial charge in [0.25, 0.3) is 0 Å². The fourth-order valence-corrected chi connectivity index (χ4v) is 4.09. The van der Waals surface area contributed by atoms with Gasteiger partial charge in [0.15, 0.2) is 13.6 Å². The van der Waals surface area contributed by atoms with Gasteiger partial charge in [-0.2, -0.15) is 0 Å². The summed E-state index contributed by atoms with van der Waals surface area (Å²) in [5.74, 6) is 0.275. The molecule has 0 aromatic heterocycles. The van der Waals surface area contributed by atoms with Gasteiger partial charge in [-0.25, -0.2) is 4.79 Å². The molecule has 44 heavy (non-hydrogen) atoms. The topological polar surface area (TPSA) is 131 Å². The summed E-state index contributed by atoms with van der Waals surface area (Å²) in [7, 11) is 0. The Hall–Kier alpha value is -3.41. The number of carbonyl (C=O) groups excluding carboxylic acids is 2. The highest BCUT2D eigenvalue weighted by molar-refractivity contribution is 6.00. The number of carbonyl (C=O) groups is 2. The number of benzene rings is 1. The fraction of sp³-hybridized carbons (Fsp3) is 0.606. The Kier molecular flexibility index (Phi) is 21.9. The molecule has 0 spiro atoms. The lowest BCUT2D eigenvalue weighted by molar-refractivity contribution is -0.118. The lowest BCUT2D eigenvalue weighted by Gasteiger charge is -2.21. The van der Waals surface area contributed by atoms with E-state index in [9.17, 15) is 9.59 Å². The van der Waals surface area contributed by atoms with Gasteiger partial charge in [-0.05, 0) is 70.6 Å². The van der Waals surface area contributed by atoms with Crippen molar-refractivity contribution < 1.29 is 38.1 Å². The lowest BCUT2D eigenvalue weighted by atomic mass is 9.99. The molecule has 1 unspecified atom stereocenters. The van der Waals surface area contributed by atoms with Crippen LogP contribution in [0.2, 0.25) is 0 Å². The maximum atomic E-state index is 13.1. The van der Waals surface area contributed by atoms with Crippen molar-refractivity contribution in [3.8, 4) is 11.5 Å². The van der Waals surface area contributed by atoms with Crippen molar-refractivity contribution in [2.24, 2.45) is 10.9 Å². The van der Waals surface area contributed by atoms with E-state index in [1.165, 1.54) is 19.3 Å². The summed E-state index contributed by atoms with van der Waals surface area (Å²) in [6.45, 7) is 13.2. The number of fused-ring (bicyclic) bond motifs is 1. The number of nitrogens with zero attached hydrogens (tertiary/aromatic N) is 2. The molecule has 1 saturated heterocycles. The highest BCUT2D eigenvalue weighted by Crippen LogP contribution is 2.31. The maximum Gasteiger partial charge on any atom is 0.342 e. The minimum atomic E-state index is -0.507. The van der Waals surface area contributed by atoms with Gasteiger partial charge in [0.1, 0.15) is 23.7 Å². The molecule has 0 bridgehead atoms. The van der Waals surface area contributed by atoms with Crippen molar-refractivity contribution in [2.45, 2.75) is 79.2 Å². The third-order valence-corrected chi connectivity index (χ3v) is 6.22. The van der Waals surface area contributed by atoms with E-state index >= 15 is 0 Å². The highest BCUT2D eigenvalue weighted by Gasteiger charge is 2.23. The van der Waals surface area contributed by atoms with Gasteiger partial charge >= 0.3 is 5.97 Å². The molecule has 1 atom stereocenters. The second-order valence-corrected chi connectivity index (χ2v) is 9.50. The number of esters is 1. The molecule has 2 aliphatic heterocycles. The molecular formula is C33H53N3O8. The largest absolute Gasteiger partial charge is 0.467 e. The van der Waals surface area contributed by atoms with Crippen LogP contribution in [0.4, 0.5) is 0 Å². The Morgan fingerprint density at radius 3 is 2.34 bits per heavy atom. The number of piperidine rings is 1. The number of amides is 1. The van der Waals surface area contributed by atoms with E-state index in [0.29, 0.717) is 61.0 Å². The van der Waals surface area contributed by atoms with Crippen LogP contribution in [0.1, 0.15) is 82.6 Å². The highest BCUT2D eigenvalue weighted by atomic mass is 16.7. The molecule has 248 valence electrons. The van der Waals surface area contributed by atoms with Crippen molar-refractivity contribution in [1.82, 2.24) is 4.90 Å². The molecule has 11 heteroatoms. The van der Waals surface area contributed by atoms with Crippen LogP contribution in [0, 0.1) is 0 Å². The molecule has 2 N–H and O–H groups in total.